The average Bonchev–Trinajstić information content (AvgIpc) is 2.62. The number of benzene rings is 2. The van der Waals surface area contributed by atoms with E-state index in [4.69, 9.17) is 21.1 Å². The molecule has 130 valence electrons. The summed E-state index contributed by atoms with van der Waals surface area (Å²) in [4.78, 5) is 0. The second kappa shape index (κ2) is 8.94. The minimum absolute atomic E-state index is 0.0735. The maximum atomic E-state index is 9.52. The molecule has 0 amide bonds. The molecule has 3 nitrogen and oxygen atoms in total. The van der Waals surface area contributed by atoms with Crippen molar-refractivity contribution in [3.8, 4) is 17.6 Å². The Hall–Kier alpha value is -1.96. The van der Waals surface area contributed by atoms with Gasteiger partial charge >= 0.3 is 0 Å². The van der Waals surface area contributed by atoms with Gasteiger partial charge in [-0.2, -0.15) is 5.26 Å². The van der Waals surface area contributed by atoms with E-state index in [9.17, 15) is 5.26 Å². The molecule has 0 spiro atoms. The number of ether oxygens (including phenoxy) is 2. The molecule has 2 aromatic carbocycles. The van der Waals surface area contributed by atoms with Gasteiger partial charge in [-0.15, -0.1) is 0 Å². The van der Waals surface area contributed by atoms with Crippen LogP contribution in [0.2, 0.25) is 5.02 Å². The van der Waals surface area contributed by atoms with Crippen LogP contribution in [0.3, 0.4) is 0 Å². The number of nitriles is 1. The number of rotatable bonds is 6. The maximum absolute atomic E-state index is 9.52. The Kier molecular flexibility index (Phi) is 6.92. The molecule has 2 aromatic rings. The van der Waals surface area contributed by atoms with Gasteiger partial charge in [-0.3, -0.25) is 0 Å². The van der Waals surface area contributed by atoms with Crippen LogP contribution in [0.25, 0.3) is 11.6 Å². The Labute approximate surface area is 162 Å². The summed E-state index contributed by atoms with van der Waals surface area (Å²) < 4.78 is 12.2. The predicted octanol–water partition coefficient (Wildman–Crippen LogP) is 6.35. The second-order valence-corrected chi connectivity index (χ2v) is 6.78. The normalized spacial score (nSPS) is 12.4. The Morgan fingerprint density at radius 2 is 2.08 bits per heavy atom. The van der Waals surface area contributed by atoms with Crippen molar-refractivity contribution in [3.63, 3.8) is 0 Å². The van der Waals surface area contributed by atoms with Gasteiger partial charge in [0.15, 0.2) is 11.5 Å². The van der Waals surface area contributed by atoms with Crippen molar-refractivity contribution >= 4 is 39.2 Å². The first kappa shape index (κ1) is 19.4. The van der Waals surface area contributed by atoms with Crippen LogP contribution in [0.4, 0.5) is 0 Å². The van der Waals surface area contributed by atoms with E-state index in [0.29, 0.717) is 27.7 Å². The van der Waals surface area contributed by atoms with Gasteiger partial charge in [0.25, 0.3) is 0 Å². The molecule has 1 unspecified atom stereocenters. The fourth-order valence-electron chi connectivity index (χ4n) is 2.24. The molecule has 0 aliphatic heterocycles. The Bertz CT molecular complexity index is 827. The van der Waals surface area contributed by atoms with Gasteiger partial charge < -0.3 is 9.47 Å². The van der Waals surface area contributed by atoms with Crippen LogP contribution in [0.5, 0.6) is 11.5 Å². The van der Waals surface area contributed by atoms with E-state index in [-0.39, 0.29) is 6.10 Å². The summed E-state index contributed by atoms with van der Waals surface area (Å²) in [5, 5.41) is 10.1. The topological polar surface area (TPSA) is 42.2 Å². The standard InChI is InChI=1S/C20H19BrClNO2/c1-4-13(2)25-20-17(21)10-14(11-19(20)24-3)9-15(12-23)16-7-5-6-8-18(16)22/h5-11,13H,4H2,1-3H3. The molecule has 2 rings (SSSR count). The lowest BCUT2D eigenvalue weighted by molar-refractivity contribution is 0.206. The molecule has 25 heavy (non-hydrogen) atoms. The number of hydrogen-bond donors (Lipinski definition) is 0. The first-order valence-corrected chi connectivity index (χ1v) is 9.08. The van der Waals surface area contributed by atoms with Gasteiger partial charge in [-0.1, -0.05) is 36.7 Å². The summed E-state index contributed by atoms with van der Waals surface area (Å²) in [7, 11) is 1.60. The summed E-state index contributed by atoms with van der Waals surface area (Å²) in [5.74, 6) is 1.27. The summed E-state index contributed by atoms with van der Waals surface area (Å²) in [6.07, 6.45) is 2.74. The molecule has 0 fully saturated rings. The van der Waals surface area contributed by atoms with E-state index >= 15 is 0 Å². The second-order valence-electron chi connectivity index (χ2n) is 5.52. The number of allylic oxidation sites excluding steroid dienone is 1. The third-order valence-corrected chi connectivity index (χ3v) is 4.66. The maximum Gasteiger partial charge on any atom is 0.175 e. The Morgan fingerprint density at radius 1 is 1.36 bits per heavy atom. The SMILES string of the molecule is CCC(C)Oc1c(Br)cc(C=C(C#N)c2ccccc2Cl)cc1OC. The van der Waals surface area contributed by atoms with Gasteiger partial charge in [0.1, 0.15) is 0 Å². The predicted molar refractivity (Wildman–Crippen MR) is 106 cm³/mol. The van der Waals surface area contributed by atoms with Gasteiger partial charge in [-0.05, 0) is 59.1 Å². The molecule has 5 heteroatoms. The van der Waals surface area contributed by atoms with Crippen LogP contribution in [0, 0.1) is 11.3 Å². The molecule has 0 heterocycles. The van der Waals surface area contributed by atoms with Crippen LogP contribution in [-0.4, -0.2) is 13.2 Å². The Balaban J connectivity index is 2.48. The van der Waals surface area contributed by atoms with Crippen LogP contribution in [0.15, 0.2) is 40.9 Å². The highest BCUT2D eigenvalue weighted by atomic mass is 79.9. The summed E-state index contributed by atoms with van der Waals surface area (Å²) >= 11 is 9.74. The minimum atomic E-state index is 0.0735. The van der Waals surface area contributed by atoms with E-state index < -0.39 is 0 Å². The summed E-state index contributed by atoms with van der Waals surface area (Å²) in [6.45, 7) is 4.07. The van der Waals surface area contributed by atoms with E-state index in [1.807, 2.05) is 37.3 Å². The van der Waals surface area contributed by atoms with Gasteiger partial charge in [-0.25, -0.2) is 0 Å². The van der Waals surface area contributed by atoms with Crippen molar-refractivity contribution in [2.45, 2.75) is 26.4 Å². The minimum Gasteiger partial charge on any atom is -0.493 e. The molecule has 0 aliphatic rings. The zero-order valence-electron chi connectivity index (χ0n) is 14.3. The third kappa shape index (κ3) is 4.78. The molecule has 0 aliphatic carbocycles. The number of nitrogens with zero attached hydrogens (tertiary/aromatic N) is 1. The lowest BCUT2D eigenvalue weighted by atomic mass is 10.0. The molecular weight excluding hydrogens is 402 g/mol. The number of halogens is 2. The monoisotopic (exact) mass is 419 g/mol. The molecule has 0 N–H and O–H groups in total. The highest BCUT2D eigenvalue weighted by Gasteiger charge is 2.14. The first-order valence-electron chi connectivity index (χ1n) is 7.91. The zero-order chi connectivity index (χ0) is 18.4. The lowest BCUT2D eigenvalue weighted by Gasteiger charge is -2.17. The molecule has 0 radical (unpaired) electrons. The first-order chi connectivity index (χ1) is 12.0. The zero-order valence-corrected chi connectivity index (χ0v) is 16.7. The van der Waals surface area contributed by atoms with Crippen molar-refractivity contribution in [1.29, 1.82) is 5.26 Å². The average molecular weight is 421 g/mol. The van der Waals surface area contributed by atoms with Gasteiger partial charge in [0.2, 0.25) is 0 Å². The summed E-state index contributed by atoms with van der Waals surface area (Å²) in [6, 6.07) is 13.2. The van der Waals surface area contributed by atoms with Crippen LogP contribution < -0.4 is 9.47 Å². The Morgan fingerprint density at radius 3 is 2.68 bits per heavy atom. The number of methoxy groups -OCH3 is 1. The van der Waals surface area contributed by atoms with E-state index in [1.165, 1.54) is 0 Å². The fraction of sp³-hybridized carbons (Fsp3) is 0.250. The smallest absolute Gasteiger partial charge is 0.175 e. The van der Waals surface area contributed by atoms with Crippen LogP contribution in [0.1, 0.15) is 31.4 Å². The third-order valence-electron chi connectivity index (χ3n) is 3.74. The van der Waals surface area contributed by atoms with Crippen LogP contribution >= 0.6 is 27.5 Å². The molecule has 0 aromatic heterocycles. The van der Waals surface area contributed by atoms with Crippen molar-refractivity contribution in [3.05, 3.63) is 57.0 Å². The van der Waals surface area contributed by atoms with E-state index in [0.717, 1.165) is 16.5 Å². The van der Waals surface area contributed by atoms with Gasteiger partial charge in [0.05, 0.1) is 29.3 Å². The molecule has 0 saturated carbocycles. The highest BCUT2D eigenvalue weighted by molar-refractivity contribution is 9.10. The molecule has 0 bridgehead atoms. The highest BCUT2D eigenvalue weighted by Crippen LogP contribution is 2.38. The lowest BCUT2D eigenvalue weighted by Crippen LogP contribution is -2.11. The van der Waals surface area contributed by atoms with E-state index in [2.05, 4.69) is 28.9 Å². The van der Waals surface area contributed by atoms with Crippen molar-refractivity contribution in [2.75, 3.05) is 7.11 Å². The summed E-state index contributed by atoms with van der Waals surface area (Å²) in [5.41, 5.74) is 1.99. The van der Waals surface area contributed by atoms with Crippen molar-refractivity contribution in [1.82, 2.24) is 0 Å². The molecule has 1 atom stereocenters. The quantitative estimate of drug-likeness (QED) is 0.404. The largest absolute Gasteiger partial charge is 0.493 e. The number of hydrogen-bond acceptors (Lipinski definition) is 3. The molecule has 0 saturated heterocycles. The van der Waals surface area contributed by atoms with E-state index in [1.54, 1.807) is 19.3 Å². The van der Waals surface area contributed by atoms with Gasteiger partial charge in [0, 0.05) is 10.6 Å². The fourth-order valence-corrected chi connectivity index (χ4v) is 3.03. The van der Waals surface area contributed by atoms with Crippen LogP contribution in [-0.2, 0) is 0 Å². The van der Waals surface area contributed by atoms with Crippen molar-refractivity contribution in [2.24, 2.45) is 0 Å². The van der Waals surface area contributed by atoms with Crippen molar-refractivity contribution < 1.29 is 9.47 Å². The molecular formula is C20H19BrClNO2.